The first kappa shape index (κ1) is 10.3. The Hall–Kier alpha value is -1.23. The Bertz CT molecular complexity index is 462. The van der Waals surface area contributed by atoms with Crippen molar-refractivity contribution < 1.29 is 8.94 Å². The summed E-state index contributed by atoms with van der Waals surface area (Å²) in [5.74, 6) is 1.15. The summed E-state index contributed by atoms with van der Waals surface area (Å²) in [6, 6.07) is 1.82. The quantitative estimate of drug-likeness (QED) is 0.930. The number of anilines is 1. The molecular weight excluding hydrogens is 260 g/mol. The molecule has 80 valence electrons. The van der Waals surface area contributed by atoms with Gasteiger partial charge in [0.25, 0.3) is 0 Å². The molecule has 2 heterocycles. The minimum Gasteiger partial charge on any atom is -0.457 e. The first-order valence-corrected chi connectivity index (χ1v) is 5.50. The lowest BCUT2D eigenvalue weighted by atomic mass is 10.1. The predicted molar refractivity (Wildman–Crippen MR) is 60.3 cm³/mol. The van der Waals surface area contributed by atoms with Gasteiger partial charge in [-0.3, -0.25) is 0 Å². The van der Waals surface area contributed by atoms with Crippen LogP contribution in [0.25, 0.3) is 11.3 Å². The first-order valence-electron chi connectivity index (χ1n) is 4.71. The number of aromatic nitrogens is 1. The number of hydrogen-bond acceptors (Lipinski definition) is 4. The van der Waals surface area contributed by atoms with E-state index >= 15 is 0 Å². The van der Waals surface area contributed by atoms with E-state index in [0.29, 0.717) is 16.2 Å². The zero-order valence-corrected chi connectivity index (χ0v) is 9.87. The fraction of sp³-hybridized carbons (Fsp3) is 0.300. The van der Waals surface area contributed by atoms with E-state index in [0.717, 1.165) is 24.0 Å². The van der Waals surface area contributed by atoms with Crippen molar-refractivity contribution in [2.75, 3.05) is 5.73 Å². The lowest BCUT2D eigenvalue weighted by Gasteiger charge is -1.97. The number of halogens is 1. The molecule has 0 aromatic carbocycles. The summed E-state index contributed by atoms with van der Waals surface area (Å²) in [5, 5.41) is 3.77. The molecular formula is C10H11BrN2O2. The molecule has 0 unspecified atom stereocenters. The molecule has 0 amide bonds. The largest absolute Gasteiger partial charge is 0.457 e. The lowest BCUT2D eigenvalue weighted by Crippen LogP contribution is -1.92. The summed E-state index contributed by atoms with van der Waals surface area (Å²) in [7, 11) is 0. The molecule has 4 nitrogen and oxygen atoms in total. The van der Waals surface area contributed by atoms with E-state index in [1.807, 2.05) is 6.07 Å². The van der Waals surface area contributed by atoms with Crippen LogP contribution in [0.5, 0.6) is 0 Å². The molecule has 2 rings (SSSR count). The second-order valence-electron chi connectivity index (χ2n) is 3.23. The maximum atomic E-state index is 5.73. The third-order valence-electron chi connectivity index (χ3n) is 2.18. The van der Waals surface area contributed by atoms with Gasteiger partial charge in [0.1, 0.15) is 0 Å². The van der Waals surface area contributed by atoms with Crippen molar-refractivity contribution in [3.05, 3.63) is 22.6 Å². The highest BCUT2D eigenvalue weighted by atomic mass is 79.9. The number of rotatable bonds is 3. The zero-order chi connectivity index (χ0) is 10.8. The molecule has 2 aromatic rings. The molecule has 0 aliphatic carbocycles. The third-order valence-corrected chi connectivity index (χ3v) is 2.80. The molecule has 2 N–H and O–H groups in total. The predicted octanol–water partition coefficient (Wildman–Crippen LogP) is 3.23. The van der Waals surface area contributed by atoms with Gasteiger partial charge in [-0.05, 0) is 28.4 Å². The fourth-order valence-electron chi connectivity index (χ4n) is 1.48. The molecule has 0 saturated heterocycles. The average Bonchev–Trinajstić information content (AvgIpc) is 2.76. The van der Waals surface area contributed by atoms with E-state index in [2.05, 4.69) is 28.0 Å². The molecule has 0 bridgehead atoms. The van der Waals surface area contributed by atoms with Gasteiger partial charge in [-0.1, -0.05) is 18.5 Å². The van der Waals surface area contributed by atoms with E-state index in [9.17, 15) is 0 Å². The van der Waals surface area contributed by atoms with Gasteiger partial charge in [0, 0.05) is 5.56 Å². The van der Waals surface area contributed by atoms with Crippen molar-refractivity contribution in [1.29, 1.82) is 0 Å². The minimum absolute atomic E-state index is 0.458. The van der Waals surface area contributed by atoms with Gasteiger partial charge in [-0.15, -0.1) is 0 Å². The lowest BCUT2D eigenvalue weighted by molar-refractivity contribution is 0.433. The second kappa shape index (κ2) is 4.10. The van der Waals surface area contributed by atoms with Gasteiger partial charge < -0.3 is 14.7 Å². The number of hydrogen-bond donors (Lipinski definition) is 1. The van der Waals surface area contributed by atoms with Crippen LogP contribution >= 0.6 is 15.9 Å². The highest BCUT2D eigenvalue weighted by molar-refractivity contribution is 9.10. The third kappa shape index (κ3) is 1.79. The molecule has 0 saturated carbocycles. The van der Waals surface area contributed by atoms with Gasteiger partial charge in [-0.25, -0.2) is 0 Å². The SMILES string of the molecule is CCCc1c(N)noc1-c1ccoc1Br. The van der Waals surface area contributed by atoms with Crippen molar-refractivity contribution in [1.82, 2.24) is 5.16 Å². The normalized spacial score (nSPS) is 10.8. The molecule has 0 aliphatic rings. The van der Waals surface area contributed by atoms with Crippen molar-refractivity contribution in [3.63, 3.8) is 0 Å². The molecule has 0 spiro atoms. The van der Waals surface area contributed by atoms with E-state index in [-0.39, 0.29) is 0 Å². The Kier molecular flexibility index (Phi) is 2.81. The van der Waals surface area contributed by atoms with Crippen LogP contribution in [0.15, 0.2) is 25.9 Å². The van der Waals surface area contributed by atoms with Gasteiger partial charge >= 0.3 is 0 Å². The summed E-state index contributed by atoms with van der Waals surface area (Å²) in [6.07, 6.45) is 3.43. The van der Waals surface area contributed by atoms with Gasteiger partial charge in [-0.2, -0.15) is 0 Å². The average molecular weight is 271 g/mol. The monoisotopic (exact) mass is 270 g/mol. The van der Waals surface area contributed by atoms with Gasteiger partial charge in [0.2, 0.25) is 0 Å². The van der Waals surface area contributed by atoms with Crippen molar-refractivity contribution in [2.45, 2.75) is 19.8 Å². The van der Waals surface area contributed by atoms with Crippen LogP contribution in [0.4, 0.5) is 5.82 Å². The molecule has 5 heteroatoms. The van der Waals surface area contributed by atoms with Crippen LogP contribution in [0.1, 0.15) is 18.9 Å². The van der Waals surface area contributed by atoms with Crippen LogP contribution in [0, 0.1) is 0 Å². The minimum atomic E-state index is 0.458. The Morgan fingerprint density at radius 2 is 2.33 bits per heavy atom. The Balaban J connectivity index is 2.49. The highest BCUT2D eigenvalue weighted by Gasteiger charge is 2.18. The van der Waals surface area contributed by atoms with Gasteiger partial charge in [0.15, 0.2) is 16.2 Å². The van der Waals surface area contributed by atoms with Crippen LogP contribution < -0.4 is 5.73 Å². The molecule has 0 aliphatic heterocycles. The van der Waals surface area contributed by atoms with Gasteiger partial charge in [0.05, 0.1) is 11.8 Å². The summed E-state index contributed by atoms with van der Waals surface area (Å²) in [6.45, 7) is 2.08. The highest BCUT2D eigenvalue weighted by Crippen LogP contribution is 2.34. The molecule has 0 fully saturated rings. The topological polar surface area (TPSA) is 65.2 Å². The molecule has 2 aromatic heterocycles. The number of furan rings is 1. The van der Waals surface area contributed by atoms with Crippen LogP contribution in [-0.4, -0.2) is 5.16 Å². The van der Waals surface area contributed by atoms with Crippen molar-refractivity contribution in [3.8, 4) is 11.3 Å². The Morgan fingerprint density at radius 1 is 1.53 bits per heavy atom. The Labute approximate surface area is 95.6 Å². The van der Waals surface area contributed by atoms with E-state index in [1.54, 1.807) is 6.26 Å². The van der Waals surface area contributed by atoms with Crippen LogP contribution in [0.2, 0.25) is 0 Å². The Morgan fingerprint density at radius 3 is 2.93 bits per heavy atom. The van der Waals surface area contributed by atoms with Crippen LogP contribution in [-0.2, 0) is 6.42 Å². The smallest absolute Gasteiger partial charge is 0.180 e. The first-order chi connectivity index (χ1) is 7.24. The second-order valence-corrected chi connectivity index (χ2v) is 3.95. The summed E-state index contributed by atoms with van der Waals surface area (Å²) >= 11 is 3.30. The van der Waals surface area contributed by atoms with E-state index in [1.165, 1.54) is 0 Å². The molecule has 0 atom stereocenters. The maximum Gasteiger partial charge on any atom is 0.180 e. The van der Waals surface area contributed by atoms with Crippen molar-refractivity contribution in [2.24, 2.45) is 0 Å². The van der Waals surface area contributed by atoms with E-state index in [4.69, 9.17) is 14.7 Å². The van der Waals surface area contributed by atoms with Crippen LogP contribution in [0.3, 0.4) is 0 Å². The number of nitrogen functional groups attached to an aromatic ring is 1. The standard InChI is InChI=1S/C10H11BrN2O2/c1-2-3-7-8(15-13-10(7)12)6-4-5-14-9(6)11/h4-5H,2-3H2,1H3,(H2,12,13). The summed E-state index contributed by atoms with van der Waals surface area (Å²) in [4.78, 5) is 0. The number of nitrogens with zero attached hydrogens (tertiary/aromatic N) is 1. The zero-order valence-electron chi connectivity index (χ0n) is 8.29. The van der Waals surface area contributed by atoms with E-state index < -0.39 is 0 Å². The maximum absolute atomic E-state index is 5.73. The summed E-state index contributed by atoms with van der Waals surface area (Å²) in [5.41, 5.74) is 7.53. The van der Waals surface area contributed by atoms with Crippen molar-refractivity contribution >= 4 is 21.7 Å². The molecule has 15 heavy (non-hydrogen) atoms. The summed E-state index contributed by atoms with van der Waals surface area (Å²) < 4.78 is 11.0. The molecule has 0 radical (unpaired) electrons. The fourth-order valence-corrected chi connectivity index (χ4v) is 1.90. The number of nitrogens with two attached hydrogens (primary N) is 1.